The number of hydrogen-bond donors (Lipinski definition) is 1. The van der Waals surface area contributed by atoms with Gasteiger partial charge in [-0.15, -0.1) is 0 Å². The summed E-state index contributed by atoms with van der Waals surface area (Å²) in [7, 11) is 0. The van der Waals surface area contributed by atoms with E-state index >= 15 is 0 Å². The molecule has 1 atom stereocenters. The summed E-state index contributed by atoms with van der Waals surface area (Å²) in [4.78, 5) is 2.52. The number of benzene rings is 1. The molecule has 0 spiro atoms. The first-order valence-electron chi connectivity index (χ1n) is 7.55. The number of nitrogens with zero attached hydrogens (tertiary/aromatic N) is 1. The fourth-order valence-corrected chi connectivity index (χ4v) is 3.61. The van der Waals surface area contributed by atoms with Crippen LogP contribution in [0.4, 0.5) is 5.69 Å². The number of rotatable bonds is 4. The molecule has 1 aromatic rings. The smallest absolute Gasteiger partial charge is 0.0367 e. The topological polar surface area (TPSA) is 15.3 Å². The summed E-state index contributed by atoms with van der Waals surface area (Å²) in [6, 6.07) is 9.52. The van der Waals surface area contributed by atoms with E-state index in [0.29, 0.717) is 0 Å². The summed E-state index contributed by atoms with van der Waals surface area (Å²) in [5, 5.41) is 3.77. The van der Waals surface area contributed by atoms with Crippen molar-refractivity contribution in [2.75, 3.05) is 24.5 Å². The first-order chi connectivity index (χ1) is 9.31. The zero-order chi connectivity index (χ0) is 13.1. The van der Waals surface area contributed by atoms with Crippen molar-refractivity contribution in [3.05, 3.63) is 28.7 Å². The van der Waals surface area contributed by atoms with Gasteiger partial charge in [-0.1, -0.05) is 28.8 Å². The van der Waals surface area contributed by atoms with Gasteiger partial charge in [0.25, 0.3) is 0 Å². The molecule has 1 saturated heterocycles. The van der Waals surface area contributed by atoms with E-state index < -0.39 is 0 Å². The molecule has 0 aromatic heterocycles. The monoisotopic (exact) mass is 322 g/mol. The molecule has 2 aliphatic rings. The van der Waals surface area contributed by atoms with Crippen LogP contribution in [0.1, 0.15) is 32.1 Å². The molecule has 1 heterocycles. The van der Waals surface area contributed by atoms with Gasteiger partial charge in [0.05, 0.1) is 0 Å². The van der Waals surface area contributed by atoms with Crippen LogP contribution < -0.4 is 10.2 Å². The summed E-state index contributed by atoms with van der Waals surface area (Å²) in [6.07, 6.45) is 6.96. The molecular formula is C16H23BrN2. The van der Waals surface area contributed by atoms with E-state index in [4.69, 9.17) is 0 Å². The zero-order valence-corrected chi connectivity index (χ0v) is 13.0. The Labute approximate surface area is 124 Å². The van der Waals surface area contributed by atoms with Crippen LogP contribution in [0.5, 0.6) is 0 Å². The minimum atomic E-state index is 0.807. The summed E-state index contributed by atoms with van der Waals surface area (Å²) < 4.78 is 1.16. The predicted molar refractivity (Wildman–Crippen MR) is 84.7 cm³/mol. The molecule has 0 bridgehead atoms. The molecule has 1 aliphatic carbocycles. The van der Waals surface area contributed by atoms with Gasteiger partial charge in [0.2, 0.25) is 0 Å². The fourth-order valence-electron chi connectivity index (χ4n) is 3.35. The highest BCUT2D eigenvalue weighted by Crippen LogP contribution is 2.25. The first kappa shape index (κ1) is 13.4. The van der Waals surface area contributed by atoms with Crippen molar-refractivity contribution in [2.45, 2.75) is 38.1 Å². The Hall–Kier alpha value is -0.540. The van der Waals surface area contributed by atoms with Gasteiger partial charge >= 0.3 is 0 Å². The van der Waals surface area contributed by atoms with E-state index in [2.05, 4.69) is 50.4 Å². The van der Waals surface area contributed by atoms with Gasteiger partial charge in [-0.05, 0) is 56.0 Å². The van der Waals surface area contributed by atoms with Crippen molar-refractivity contribution in [1.29, 1.82) is 0 Å². The number of hydrogen-bond acceptors (Lipinski definition) is 2. The van der Waals surface area contributed by atoms with Crippen LogP contribution in [-0.2, 0) is 0 Å². The SMILES string of the molecule is Brc1ccc(N2CCC(CNC3CCCC3)C2)cc1. The van der Waals surface area contributed by atoms with Crippen LogP contribution in [0, 0.1) is 5.92 Å². The van der Waals surface area contributed by atoms with Crippen LogP contribution in [-0.4, -0.2) is 25.7 Å². The van der Waals surface area contributed by atoms with E-state index in [1.54, 1.807) is 0 Å². The molecule has 2 fully saturated rings. The molecule has 19 heavy (non-hydrogen) atoms. The summed E-state index contributed by atoms with van der Waals surface area (Å²) >= 11 is 3.50. The second kappa shape index (κ2) is 6.27. The molecule has 1 aromatic carbocycles. The van der Waals surface area contributed by atoms with Crippen molar-refractivity contribution in [3.8, 4) is 0 Å². The number of nitrogens with one attached hydrogen (secondary N) is 1. The Morgan fingerprint density at radius 3 is 2.58 bits per heavy atom. The van der Waals surface area contributed by atoms with E-state index in [1.807, 2.05) is 0 Å². The molecule has 0 radical (unpaired) electrons. The Bertz CT molecular complexity index is 398. The maximum atomic E-state index is 3.77. The summed E-state index contributed by atoms with van der Waals surface area (Å²) in [5.74, 6) is 0.823. The van der Waals surface area contributed by atoms with Gasteiger partial charge in [0.1, 0.15) is 0 Å². The first-order valence-corrected chi connectivity index (χ1v) is 8.34. The molecule has 0 amide bonds. The third-order valence-corrected chi connectivity index (χ3v) is 5.06. The fraction of sp³-hybridized carbons (Fsp3) is 0.625. The molecule has 104 valence electrons. The molecule has 1 aliphatic heterocycles. The third-order valence-electron chi connectivity index (χ3n) is 4.53. The highest BCUT2D eigenvalue weighted by atomic mass is 79.9. The molecule has 2 nitrogen and oxygen atoms in total. The lowest BCUT2D eigenvalue weighted by atomic mass is 10.1. The van der Waals surface area contributed by atoms with Gasteiger partial charge in [0.15, 0.2) is 0 Å². The third kappa shape index (κ3) is 3.51. The number of halogens is 1. The lowest BCUT2D eigenvalue weighted by Crippen LogP contribution is -2.32. The number of anilines is 1. The van der Waals surface area contributed by atoms with Crippen LogP contribution in [0.15, 0.2) is 28.7 Å². The summed E-state index contributed by atoms with van der Waals surface area (Å²) in [5.41, 5.74) is 1.37. The van der Waals surface area contributed by atoms with E-state index in [9.17, 15) is 0 Å². The maximum absolute atomic E-state index is 3.77. The van der Waals surface area contributed by atoms with Crippen molar-refractivity contribution in [3.63, 3.8) is 0 Å². The lowest BCUT2D eigenvalue weighted by Gasteiger charge is -2.20. The van der Waals surface area contributed by atoms with E-state index in [1.165, 1.54) is 57.4 Å². The van der Waals surface area contributed by atoms with Crippen molar-refractivity contribution >= 4 is 21.6 Å². The molecule has 1 saturated carbocycles. The Kier molecular flexibility index (Phi) is 4.44. The van der Waals surface area contributed by atoms with Gasteiger partial charge in [-0.25, -0.2) is 0 Å². The van der Waals surface area contributed by atoms with Gasteiger partial charge in [-0.3, -0.25) is 0 Å². The standard InChI is InChI=1S/C16H23BrN2/c17-14-5-7-16(8-6-14)19-10-9-13(12-19)11-18-15-3-1-2-4-15/h5-8,13,15,18H,1-4,9-12H2. The summed E-state index contributed by atoms with van der Waals surface area (Å²) in [6.45, 7) is 3.62. The second-order valence-corrected chi connectivity index (χ2v) is 6.88. The molecule has 1 N–H and O–H groups in total. The van der Waals surface area contributed by atoms with Crippen LogP contribution in [0.25, 0.3) is 0 Å². The normalized spacial score (nSPS) is 24.3. The Morgan fingerprint density at radius 1 is 1.11 bits per heavy atom. The van der Waals surface area contributed by atoms with Crippen molar-refractivity contribution in [2.24, 2.45) is 5.92 Å². The van der Waals surface area contributed by atoms with Crippen molar-refractivity contribution < 1.29 is 0 Å². The Balaban J connectivity index is 1.48. The molecular weight excluding hydrogens is 300 g/mol. The highest BCUT2D eigenvalue weighted by molar-refractivity contribution is 9.10. The van der Waals surface area contributed by atoms with Crippen molar-refractivity contribution in [1.82, 2.24) is 5.32 Å². The average molecular weight is 323 g/mol. The Morgan fingerprint density at radius 2 is 1.84 bits per heavy atom. The largest absolute Gasteiger partial charge is 0.371 e. The minimum Gasteiger partial charge on any atom is -0.371 e. The lowest BCUT2D eigenvalue weighted by molar-refractivity contribution is 0.450. The quantitative estimate of drug-likeness (QED) is 0.906. The molecule has 3 rings (SSSR count). The van der Waals surface area contributed by atoms with Gasteiger partial charge in [-0.2, -0.15) is 0 Å². The molecule has 1 unspecified atom stereocenters. The molecule has 3 heteroatoms. The van der Waals surface area contributed by atoms with Gasteiger partial charge < -0.3 is 10.2 Å². The van der Waals surface area contributed by atoms with Crippen LogP contribution in [0.2, 0.25) is 0 Å². The minimum absolute atomic E-state index is 0.807. The van der Waals surface area contributed by atoms with Crippen LogP contribution in [0.3, 0.4) is 0 Å². The highest BCUT2D eigenvalue weighted by Gasteiger charge is 2.24. The van der Waals surface area contributed by atoms with Crippen LogP contribution >= 0.6 is 15.9 Å². The van der Waals surface area contributed by atoms with E-state index in [0.717, 1.165) is 16.4 Å². The second-order valence-electron chi connectivity index (χ2n) is 5.97. The average Bonchev–Trinajstić information content (AvgIpc) is 3.09. The van der Waals surface area contributed by atoms with E-state index in [-0.39, 0.29) is 0 Å². The predicted octanol–water partition coefficient (Wildman–Crippen LogP) is 3.81. The maximum Gasteiger partial charge on any atom is 0.0367 e. The zero-order valence-electron chi connectivity index (χ0n) is 11.4. The van der Waals surface area contributed by atoms with Gasteiger partial charge in [0, 0.05) is 29.3 Å².